The second-order valence-electron chi connectivity index (χ2n) is 6.30. The number of esters is 1. The van der Waals surface area contributed by atoms with Gasteiger partial charge in [-0.3, -0.25) is 14.9 Å². The molecule has 0 unspecified atom stereocenters. The highest BCUT2D eigenvalue weighted by Crippen LogP contribution is 2.35. The third-order valence-corrected chi connectivity index (χ3v) is 3.77. The van der Waals surface area contributed by atoms with Gasteiger partial charge in [0.1, 0.15) is 22.5 Å². The smallest absolute Gasteiger partial charge is 0.350 e. The molecule has 0 aromatic heterocycles. The minimum atomic E-state index is -1.05. The summed E-state index contributed by atoms with van der Waals surface area (Å²) in [4.78, 5) is 34.7. The van der Waals surface area contributed by atoms with Crippen molar-refractivity contribution in [3.63, 3.8) is 0 Å². The van der Waals surface area contributed by atoms with Crippen molar-refractivity contribution in [2.75, 3.05) is 0 Å². The summed E-state index contributed by atoms with van der Waals surface area (Å²) in [6, 6.07) is 3.60. The Bertz CT molecular complexity index is 766. The summed E-state index contributed by atoms with van der Waals surface area (Å²) in [6.45, 7) is 6.49. The van der Waals surface area contributed by atoms with Crippen LogP contribution in [0.5, 0.6) is 0 Å². The first-order valence-corrected chi connectivity index (χ1v) is 7.45. The quantitative estimate of drug-likeness (QED) is 0.469. The van der Waals surface area contributed by atoms with E-state index in [0.29, 0.717) is 0 Å². The van der Waals surface area contributed by atoms with Crippen molar-refractivity contribution in [3.05, 3.63) is 50.7 Å². The van der Waals surface area contributed by atoms with Crippen LogP contribution in [0.3, 0.4) is 0 Å². The number of ketones is 1. The summed E-state index contributed by atoms with van der Waals surface area (Å²) in [5.41, 5.74) is -2.84. The summed E-state index contributed by atoms with van der Waals surface area (Å²) in [7, 11) is 0. The lowest BCUT2D eigenvalue weighted by molar-refractivity contribution is -0.385. The van der Waals surface area contributed by atoms with Gasteiger partial charge in [0.15, 0.2) is 5.78 Å². The molecule has 0 radical (unpaired) electrons. The molecule has 128 valence electrons. The van der Waals surface area contributed by atoms with Crippen LogP contribution in [0.4, 0.5) is 5.69 Å². The van der Waals surface area contributed by atoms with E-state index in [4.69, 9.17) is 21.1 Å². The zero-order chi connectivity index (χ0) is 18.3. The Labute approximate surface area is 143 Å². The molecule has 0 saturated heterocycles. The van der Waals surface area contributed by atoms with Crippen LogP contribution in [0.25, 0.3) is 0 Å². The number of ether oxygens (including phenoxy) is 2. The molecule has 1 aromatic carbocycles. The van der Waals surface area contributed by atoms with Crippen molar-refractivity contribution in [1.29, 1.82) is 0 Å². The van der Waals surface area contributed by atoms with Gasteiger partial charge in [-0.2, -0.15) is 0 Å². The van der Waals surface area contributed by atoms with Crippen LogP contribution in [-0.2, 0) is 14.3 Å². The monoisotopic (exact) mass is 353 g/mol. The van der Waals surface area contributed by atoms with Crippen LogP contribution >= 0.6 is 11.6 Å². The maximum Gasteiger partial charge on any atom is 0.350 e. The fraction of sp³-hybridized carbons (Fsp3) is 0.375. The van der Waals surface area contributed by atoms with E-state index in [0.717, 1.165) is 6.07 Å². The molecule has 0 spiro atoms. The van der Waals surface area contributed by atoms with Crippen LogP contribution in [0.2, 0.25) is 5.02 Å². The zero-order valence-corrected chi connectivity index (χ0v) is 14.3. The highest BCUT2D eigenvalue weighted by Gasteiger charge is 2.43. The Kier molecular flexibility index (Phi) is 4.52. The lowest BCUT2D eigenvalue weighted by Crippen LogP contribution is -2.48. The van der Waals surface area contributed by atoms with E-state index >= 15 is 0 Å². The van der Waals surface area contributed by atoms with Gasteiger partial charge >= 0.3 is 5.97 Å². The second kappa shape index (κ2) is 5.99. The molecule has 8 heteroatoms. The average molecular weight is 354 g/mol. The summed E-state index contributed by atoms with van der Waals surface area (Å²) in [6.07, 6.45) is 1.18. The molecule has 1 aliphatic rings. The van der Waals surface area contributed by atoms with Gasteiger partial charge < -0.3 is 9.47 Å². The largest absolute Gasteiger partial charge is 0.424 e. The van der Waals surface area contributed by atoms with Gasteiger partial charge in [0.25, 0.3) is 5.69 Å². The van der Waals surface area contributed by atoms with Crippen molar-refractivity contribution in [1.82, 2.24) is 0 Å². The van der Waals surface area contributed by atoms with Crippen molar-refractivity contribution >= 4 is 29.0 Å². The maximum atomic E-state index is 12.3. The molecule has 0 amide bonds. The van der Waals surface area contributed by atoms with Gasteiger partial charge in [-0.05, 0) is 39.8 Å². The minimum Gasteiger partial charge on any atom is -0.424 e. The summed E-state index contributed by atoms with van der Waals surface area (Å²) < 4.78 is 10.9. The standard InChI is InChI=1S/C16H16ClNO6/c1-15(2)12(19)8-13(16(3,4)24-15)23-14(20)10-6-5-9(17)7-11(10)18(21)22/h5-8H,1-4H3. The number of carbonyl (C=O) groups is 2. The van der Waals surface area contributed by atoms with E-state index in [1.807, 2.05) is 0 Å². The number of nitro groups is 1. The summed E-state index contributed by atoms with van der Waals surface area (Å²) >= 11 is 5.72. The third kappa shape index (κ3) is 3.47. The summed E-state index contributed by atoms with van der Waals surface area (Å²) in [5.74, 6) is -1.34. The fourth-order valence-corrected chi connectivity index (χ4v) is 2.51. The predicted molar refractivity (Wildman–Crippen MR) is 85.9 cm³/mol. The molecule has 1 aliphatic heterocycles. The molecule has 1 heterocycles. The minimum absolute atomic E-state index is 0.0129. The molecule has 0 saturated carbocycles. The molecule has 0 aliphatic carbocycles. The van der Waals surface area contributed by atoms with Crippen LogP contribution in [0.15, 0.2) is 30.0 Å². The van der Waals surface area contributed by atoms with Crippen LogP contribution < -0.4 is 0 Å². The zero-order valence-electron chi connectivity index (χ0n) is 13.6. The van der Waals surface area contributed by atoms with Crippen molar-refractivity contribution in [2.24, 2.45) is 0 Å². The van der Waals surface area contributed by atoms with Gasteiger partial charge in [0, 0.05) is 17.2 Å². The van der Waals surface area contributed by atoms with Crippen LogP contribution in [-0.4, -0.2) is 27.9 Å². The van der Waals surface area contributed by atoms with Crippen LogP contribution in [0, 0.1) is 10.1 Å². The molecule has 24 heavy (non-hydrogen) atoms. The Hall–Kier alpha value is -2.25. The predicted octanol–water partition coefficient (Wildman–Crippen LogP) is 3.45. The van der Waals surface area contributed by atoms with E-state index in [2.05, 4.69) is 0 Å². The first-order valence-electron chi connectivity index (χ1n) is 7.07. The molecular formula is C16H16ClNO6. The molecule has 0 fully saturated rings. The highest BCUT2D eigenvalue weighted by atomic mass is 35.5. The SMILES string of the molecule is CC1(C)OC(C)(C)C(OC(=O)c2ccc(Cl)cc2[N+](=O)[O-])=CC1=O. The number of halogens is 1. The van der Waals surface area contributed by atoms with Crippen molar-refractivity contribution in [3.8, 4) is 0 Å². The number of rotatable bonds is 3. The van der Waals surface area contributed by atoms with E-state index in [1.54, 1.807) is 27.7 Å². The normalized spacial score (nSPS) is 18.7. The average Bonchev–Trinajstić information content (AvgIpc) is 2.43. The van der Waals surface area contributed by atoms with Gasteiger partial charge in [-0.25, -0.2) is 4.79 Å². The molecular weight excluding hydrogens is 338 g/mol. The number of hydrogen-bond donors (Lipinski definition) is 0. The number of nitro benzene ring substituents is 1. The maximum absolute atomic E-state index is 12.3. The molecule has 2 rings (SSSR count). The fourth-order valence-electron chi connectivity index (χ4n) is 2.34. The summed E-state index contributed by atoms with van der Waals surface area (Å²) in [5, 5.41) is 11.2. The Morgan fingerprint density at radius 3 is 2.46 bits per heavy atom. The number of nitrogens with zero attached hydrogens (tertiary/aromatic N) is 1. The second-order valence-corrected chi connectivity index (χ2v) is 6.74. The lowest BCUT2D eigenvalue weighted by Gasteiger charge is -2.39. The van der Waals surface area contributed by atoms with Gasteiger partial charge in [0.2, 0.25) is 0 Å². The van der Waals surface area contributed by atoms with E-state index in [1.165, 1.54) is 18.2 Å². The third-order valence-electron chi connectivity index (χ3n) is 3.54. The van der Waals surface area contributed by atoms with E-state index in [9.17, 15) is 19.7 Å². The van der Waals surface area contributed by atoms with Gasteiger partial charge in [-0.15, -0.1) is 0 Å². The van der Waals surface area contributed by atoms with Gasteiger partial charge in [-0.1, -0.05) is 11.6 Å². The highest BCUT2D eigenvalue weighted by molar-refractivity contribution is 6.31. The lowest BCUT2D eigenvalue weighted by atomic mass is 9.92. The van der Waals surface area contributed by atoms with Gasteiger partial charge in [0.05, 0.1) is 4.92 Å². The molecule has 0 atom stereocenters. The topological polar surface area (TPSA) is 95.7 Å². The molecule has 1 aromatic rings. The number of hydrogen-bond acceptors (Lipinski definition) is 6. The number of carbonyl (C=O) groups excluding carboxylic acids is 2. The first-order chi connectivity index (χ1) is 10.9. The Morgan fingerprint density at radius 2 is 1.88 bits per heavy atom. The van der Waals surface area contributed by atoms with Crippen LogP contribution in [0.1, 0.15) is 38.1 Å². The van der Waals surface area contributed by atoms with E-state index in [-0.39, 0.29) is 22.1 Å². The molecule has 0 bridgehead atoms. The van der Waals surface area contributed by atoms with Crippen molar-refractivity contribution in [2.45, 2.75) is 38.9 Å². The van der Waals surface area contributed by atoms with E-state index < -0.39 is 27.8 Å². The van der Waals surface area contributed by atoms with Crippen molar-refractivity contribution < 1.29 is 24.0 Å². The first kappa shape index (κ1) is 18.1. The Morgan fingerprint density at radius 1 is 1.25 bits per heavy atom. The number of benzene rings is 1. The Balaban J connectivity index is 2.37. The molecule has 7 nitrogen and oxygen atoms in total. The molecule has 0 N–H and O–H groups in total.